The number of quaternary nitrogens is 2. The molecule has 2 rings (SSSR count). The van der Waals surface area contributed by atoms with E-state index in [4.69, 9.17) is 9.47 Å². The van der Waals surface area contributed by atoms with Crippen LogP contribution >= 0.6 is 15.9 Å². The van der Waals surface area contributed by atoms with Gasteiger partial charge in [-0.25, -0.2) is 0 Å². The molecule has 112 valence electrons. The van der Waals surface area contributed by atoms with E-state index in [0.717, 1.165) is 30.0 Å². The molecule has 1 aromatic carbocycles. The topological polar surface area (TPSA) is 39.5 Å². The zero-order valence-electron chi connectivity index (χ0n) is 12.2. The summed E-state index contributed by atoms with van der Waals surface area (Å²) in [5.41, 5.74) is 1.25. The molecule has 0 saturated carbocycles. The van der Waals surface area contributed by atoms with Gasteiger partial charge < -0.3 is 19.7 Å². The van der Waals surface area contributed by atoms with Crippen molar-refractivity contribution in [1.29, 1.82) is 0 Å². The summed E-state index contributed by atoms with van der Waals surface area (Å²) in [5, 5.41) is 2.37. The number of halogens is 1. The van der Waals surface area contributed by atoms with Crippen LogP contribution in [0, 0.1) is 0 Å². The van der Waals surface area contributed by atoms with Gasteiger partial charge in [-0.3, -0.25) is 0 Å². The highest BCUT2D eigenvalue weighted by Crippen LogP contribution is 2.21. The van der Waals surface area contributed by atoms with Gasteiger partial charge in [0.25, 0.3) is 0 Å². The van der Waals surface area contributed by atoms with Gasteiger partial charge in [-0.2, -0.15) is 0 Å². The van der Waals surface area contributed by atoms with E-state index in [1.165, 1.54) is 38.2 Å². The molecule has 0 spiro atoms. The van der Waals surface area contributed by atoms with E-state index < -0.39 is 0 Å². The summed E-state index contributed by atoms with van der Waals surface area (Å²) in [7, 11) is 1.73. The van der Waals surface area contributed by atoms with Crippen molar-refractivity contribution < 1.29 is 19.7 Å². The van der Waals surface area contributed by atoms with E-state index >= 15 is 0 Å². The third kappa shape index (κ3) is 5.05. The molecule has 3 N–H and O–H groups in total. The second-order valence-electron chi connectivity index (χ2n) is 5.20. The first kappa shape index (κ1) is 15.8. The Bertz CT molecular complexity index is 409. The Morgan fingerprint density at radius 2 is 2.15 bits per heavy atom. The zero-order valence-corrected chi connectivity index (χ0v) is 13.7. The number of ether oxygens (including phenoxy) is 2. The lowest BCUT2D eigenvalue weighted by atomic mass is 10.2. The van der Waals surface area contributed by atoms with E-state index in [0.29, 0.717) is 0 Å². The average Bonchev–Trinajstić information content (AvgIpc) is 2.48. The maximum absolute atomic E-state index is 5.39. The molecular weight excluding hydrogens is 320 g/mol. The summed E-state index contributed by atoms with van der Waals surface area (Å²) >= 11 is 3.52. The monoisotopic (exact) mass is 344 g/mol. The van der Waals surface area contributed by atoms with E-state index in [2.05, 4.69) is 27.3 Å². The van der Waals surface area contributed by atoms with Crippen molar-refractivity contribution >= 4 is 15.9 Å². The summed E-state index contributed by atoms with van der Waals surface area (Å²) < 4.78 is 11.9. The molecule has 0 aliphatic carbocycles. The molecule has 1 heterocycles. The number of methoxy groups -OCH3 is 1. The first-order chi connectivity index (χ1) is 9.79. The highest BCUT2D eigenvalue weighted by Gasteiger charge is 2.13. The van der Waals surface area contributed by atoms with Crippen LogP contribution in [-0.2, 0) is 11.3 Å². The fourth-order valence-corrected chi connectivity index (χ4v) is 2.98. The van der Waals surface area contributed by atoms with Gasteiger partial charge in [0.2, 0.25) is 0 Å². The number of rotatable bonds is 7. The quantitative estimate of drug-likeness (QED) is 0.674. The lowest BCUT2D eigenvalue weighted by Gasteiger charge is -2.23. The molecule has 1 fully saturated rings. The van der Waals surface area contributed by atoms with E-state index in [1.807, 2.05) is 12.1 Å². The number of hydrogen-bond donors (Lipinski definition) is 2. The van der Waals surface area contributed by atoms with Gasteiger partial charge in [0.15, 0.2) is 0 Å². The van der Waals surface area contributed by atoms with E-state index in [1.54, 1.807) is 12.0 Å². The molecule has 0 atom stereocenters. The summed E-state index contributed by atoms with van der Waals surface area (Å²) in [6.07, 6.45) is 1.26. The fraction of sp³-hybridized carbons (Fsp3) is 0.600. The van der Waals surface area contributed by atoms with Gasteiger partial charge >= 0.3 is 0 Å². The molecule has 20 heavy (non-hydrogen) atoms. The van der Waals surface area contributed by atoms with E-state index in [-0.39, 0.29) is 0 Å². The molecule has 1 saturated heterocycles. The molecule has 0 amide bonds. The first-order valence-corrected chi connectivity index (χ1v) is 8.14. The van der Waals surface area contributed by atoms with Gasteiger partial charge in [-0.1, -0.05) is 15.9 Å². The van der Waals surface area contributed by atoms with Gasteiger partial charge in [0.05, 0.1) is 33.4 Å². The molecule has 4 nitrogen and oxygen atoms in total. The predicted octanol–water partition coefficient (Wildman–Crippen LogP) is -0.174. The van der Waals surface area contributed by atoms with E-state index in [9.17, 15) is 0 Å². The van der Waals surface area contributed by atoms with Crippen molar-refractivity contribution in [2.75, 3.05) is 46.5 Å². The Balaban J connectivity index is 1.66. The van der Waals surface area contributed by atoms with Gasteiger partial charge in [0, 0.05) is 16.5 Å². The molecular formula is C15H25BrN2O2+2. The average molecular weight is 345 g/mol. The van der Waals surface area contributed by atoms with Gasteiger partial charge in [-0.05, 0) is 18.2 Å². The normalized spacial score (nSPS) is 16.3. The Hall–Kier alpha value is -0.620. The Kier molecular flexibility index (Phi) is 6.79. The second-order valence-corrected chi connectivity index (χ2v) is 6.12. The molecule has 5 heteroatoms. The molecule has 1 aromatic rings. The zero-order chi connectivity index (χ0) is 14.2. The third-order valence-electron chi connectivity index (χ3n) is 3.75. The number of morpholine rings is 1. The lowest BCUT2D eigenvalue weighted by Crippen LogP contribution is -3.14. The van der Waals surface area contributed by atoms with Crippen LogP contribution in [-0.4, -0.2) is 46.5 Å². The highest BCUT2D eigenvalue weighted by atomic mass is 79.9. The summed E-state index contributed by atoms with van der Waals surface area (Å²) in [6, 6.07) is 6.18. The first-order valence-electron chi connectivity index (χ1n) is 7.35. The van der Waals surface area contributed by atoms with Crippen molar-refractivity contribution in [1.82, 2.24) is 0 Å². The van der Waals surface area contributed by atoms with Crippen LogP contribution in [0.2, 0.25) is 0 Å². The number of nitrogens with one attached hydrogen (secondary N) is 1. The van der Waals surface area contributed by atoms with Crippen LogP contribution < -0.4 is 15.0 Å². The number of hydrogen-bond acceptors (Lipinski definition) is 2. The van der Waals surface area contributed by atoms with Crippen molar-refractivity contribution in [3.05, 3.63) is 28.2 Å². The van der Waals surface area contributed by atoms with Gasteiger partial charge in [0.1, 0.15) is 25.4 Å². The molecule has 0 bridgehead atoms. The number of benzene rings is 1. The van der Waals surface area contributed by atoms with Crippen LogP contribution in [0.5, 0.6) is 5.75 Å². The van der Waals surface area contributed by atoms with Crippen molar-refractivity contribution in [2.45, 2.75) is 13.0 Å². The summed E-state index contributed by atoms with van der Waals surface area (Å²) in [6.45, 7) is 7.58. The minimum atomic E-state index is 0.925. The van der Waals surface area contributed by atoms with Crippen LogP contribution in [0.15, 0.2) is 22.7 Å². The summed E-state index contributed by atoms with van der Waals surface area (Å²) in [4.78, 5) is 1.68. The standard InChI is InChI=1S/C15H23BrN2O2/c1-19-15-4-3-14(16)11-13(15)12-17-5-2-6-18-7-9-20-10-8-18/h3-4,11,17H,2,5-10,12H2,1H3/p+2. The maximum Gasteiger partial charge on any atom is 0.127 e. The largest absolute Gasteiger partial charge is 0.496 e. The smallest absolute Gasteiger partial charge is 0.127 e. The minimum Gasteiger partial charge on any atom is -0.496 e. The Morgan fingerprint density at radius 3 is 2.90 bits per heavy atom. The third-order valence-corrected chi connectivity index (χ3v) is 4.24. The van der Waals surface area contributed by atoms with Crippen LogP contribution in [0.1, 0.15) is 12.0 Å². The Morgan fingerprint density at radius 1 is 1.35 bits per heavy atom. The van der Waals surface area contributed by atoms with Crippen LogP contribution in [0.4, 0.5) is 0 Å². The molecule has 0 aromatic heterocycles. The predicted molar refractivity (Wildman–Crippen MR) is 82.2 cm³/mol. The SMILES string of the molecule is COc1ccc(Br)cc1C[NH2+]CCC[NH+]1CCOCC1. The molecule has 1 aliphatic heterocycles. The van der Waals surface area contributed by atoms with Crippen molar-refractivity contribution in [2.24, 2.45) is 0 Å². The lowest BCUT2D eigenvalue weighted by molar-refractivity contribution is -0.909. The van der Waals surface area contributed by atoms with Crippen molar-refractivity contribution in [3.8, 4) is 5.75 Å². The van der Waals surface area contributed by atoms with Crippen molar-refractivity contribution in [3.63, 3.8) is 0 Å². The van der Waals surface area contributed by atoms with Crippen LogP contribution in [0.3, 0.4) is 0 Å². The molecule has 1 aliphatic rings. The number of nitrogens with two attached hydrogens (primary N) is 1. The summed E-state index contributed by atoms with van der Waals surface area (Å²) in [5.74, 6) is 0.975. The van der Waals surface area contributed by atoms with Crippen LogP contribution in [0.25, 0.3) is 0 Å². The van der Waals surface area contributed by atoms with Gasteiger partial charge in [-0.15, -0.1) is 0 Å². The minimum absolute atomic E-state index is 0.925. The molecule has 0 unspecified atom stereocenters. The second kappa shape index (κ2) is 8.62. The molecule has 0 radical (unpaired) electrons. The fourth-order valence-electron chi connectivity index (χ4n) is 2.57. The maximum atomic E-state index is 5.39. The Labute approximate surface area is 129 Å². The highest BCUT2D eigenvalue weighted by molar-refractivity contribution is 9.10.